The van der Waals surface area contributed by atoms with Crippen LogP contribution in [0.4, 0.5) is 10.2 Å². The number of nitrogens with zero attached hydrogens (tertiary/aromatic N) is 4. The van der Waals surface area contributed by atoms with Crippen molar-refractivity contribution in [3.05, 3.63) is 53.7 Å². The number of rotatable bonds is 6. The molecule has 0 bridgehead atoms. The van der Waals surface area contributed by atoms with Gasteiger partial charge in [0.2, 0.25) is 5.91 Å². The minimum atomic E-state index is -0.267. The van der Waals surface area contributed by atoms with Gasteiger partial charge < -0.3 is 14.8 Å². The van der Waals surface area contributed by atoms with Gasteiger partial charge >= 0.3 is 0 Å². The molecular formula is C23H24FN5O2. The van der Waals surface area contributed by atoms with Crippen molar-refractivity contribution in [1.29, 1.82) is 0 Å². The fraction of sp³-hybridized carbons (Fsp3) is 0.391. The molecule has 7 nitrogen and oxygen atoms in total. The molecule has 1 saturated heterocycles. The zero-order valence-electron chi connectivity index (χ0n) is 17.2. The van der Waals surface area contributed by atoms with E-state index in [1.807, 2.05) is 11.0 Å². The van der Waals surface area contributed by atoms with Gasteiger partial charge in [0.1, 0.15) is 23.6 Å². The lowest BCUT2D eigenvalue weighted by Crippen LogP contribution is -2.49. The molecule has 1 aliphatic heterocycles. The molecule has 1 N–H and O–H groups in total. The zero-order valence-corrected chi connectivity index (χ0v) is 17.2. The number of aromatic nitrogens is 3. The quantitative estimate of drug-likeness (QED) is 0.619. The summed E-state index contributed by atoms with van der Waals surface area (Å²) in [5, 5.41) is 0.850. The van der Waals surface area contributed by atoms with Crippen molar-refractivity contribution < 1.29 is 14.0 Å². The summed E-state index contributed by atoms with van der Waals surface area (Å²) in [5.41, 5.74) is 2.24. The summed E-state index contributed by atoms with van der Waals surface area (Å²) >= 11 is 0. The minimum absolute atomic E-state index is 0.107. The van der Waals surface area contributed by atoms with Gasteiger partial charge in [0, 0.05) is 38.5 Å². The van der Waals surface area contributed by atoms with E-state index in [0.717, 1.165) is 29.6 Å². The number of aromatic amines is 1. The molecule has 3 aromatic rings. The lowest BCUT2D eigenvalue weighted by Gasteiger charge is -2.35. The summed E-state index contributed by atoms with van der Waals surface area (Å²) in [5.74, 6) is 0.941. The third-order valence-electron chi connectivity index (χ3n) is 6.09. The van der Waals surface area contributed by atoms with Gasteiger partial charge in [-0.3, -0.25) is 9.59 Å². The number of piperazine rings is 1. The molecule has 5 rings (SSSR count). The number of amides is 1. The van der Waals surface area contributed by atoms with Gasteiger partial charge in [-0.1, -0.05) is 12.1 Å². The van der Waals surface area contributed by atoms with Crippen LogP contribution in [0, 0.1) is 11.7 Å². The molecule has 2 aromatic heterocycles. The number of aryl methyl sites for hydroxylation is 1. The van der Waals surface area contributed by atoms with Crippen LogP contribution < -0.4 is 4.90 Å². The Morgan fingerprint density at radius 2 is 1.81 bits per heavy atom. The van der Waals surface area contributed by atoms with Crippen molar-refractivity contribution >= 4 is 28.5 Å². The summed E-state index contributed by atoms with van der Waals surface area (Å²) in [6.07, 6.45) is 4.45. The highest BCUT2D eigenvalue weighted by Gasteiger charge is 2.32. The van der Waals surface area contributed by atoms with Crippen LogP contribution in [-0.4, -0.2) is 57.7 Å². The molecule has 2 fully saturated rings. The number of H-pyrrole nitrogens is 1. The lowest BCUT2D eigenvalue weighted by molar-refractivity contribution is -0.131. The van der Waals surface area contributed by atoms with Crippen molar-refractivity contribution in [3.8, 4) is 0 Å². The third-order valence-corrected chi connectivity index (χ3v) is 6.09. The molecule has 1 aliphatic carbocycles. The molecule has 0 unspecified atom stereocenters. The first kappa shape index (κ1) is 19.7. The molecule has 31 heavy (non-hydrogen) atoms. The van der Waals surface area contributed by atoms with E-state index in [2.05, 4.69) is 19.9 Å². The van der Waals surface area contributed by atoms with Crippen LogP contribution in [0.5, 0.6) is 0 Å². The maximum Gasteiger partial charge on any atom is 0.223 e. The molecule has 0 radical (unpaired) electrons. The van der Waals surface area contributed by atoms with E-state index in [4.69, 9.17) is 0 Å². The summed E-state index contributed by atoms with van der Waals surface area (Å²) in [6.45, 7) is 2.58. The Labute approximate surface area is 179 Å². The maximum atomic E-state index is 13.0. The van der Waals surface area contributed by atoms with Crippen molar-refractivity contribution in [2.45, 2.75) is 25.7 Å². The van der Waals surface area contributed by atoms with Crippen LogP contribution in [0.25, 0.3) is 11.0 Å². The molecule has 3 heterocycles. The van der Waals surface area contributed by atoms with E-state index in [-0.39, 0.29) is 23.4 Å². The highest BCUT2D eigenvalue weighted by molar-refractivity contribution is 6.03. The van der Waals surface area contributed by atoms with Gasteiger partial charge in [0.25, 0.3) is 0 Å². The van der Waals surface area contributed by atoms with E-state index in [0.29, 0.717) is 50.4 Å². The van der Waals surface area contributed by atoms with Gasteiger partial charge in [-0.25, -0.2) is 14.4 Å². The van der Waals surface area contributed by atoms with Gasteiger partial charge in [-0.05, 0) is 43.0 Å². The first-order valence-corrected chi connectivity index (χ1v) is 10.7. The molecule has 1 amide bonds. The molecule has 1 saturated carbocycles. The van der Waals surface area contributed by atoms with Crippen molar-refractivity contribution in [2.24, 2.45) is 5.92 Å². The van der Waals surface area contributed by atoms with Crippen LogP contribution >= 0.6 is 0 Å². The second-order valence-electron chi connectivity index (χ2n) is 8.28. The average molecular weight is 421 g/mol. The second kappa shape index (κ2) is 8.09. The molecule has 8 heteroatoms. The van der Waals surface area contributed by atoms with E-state index < -0.39 is 0 Å². The highest BCUT2D eigenvalue weighted by Crippen LogP contribution is 2.34. The summed E-state index contributed by atoms with van der Waals surface area (Å²) in [6, 6.07) is 8.16. The fourth-order valence-electron chi connectivity index (χ4n) is 4.11. The fourth-order valence-corrected chi connectivity index (χ4v) is 4.11. The van der Waals surface area contributed by atoms with Gasteiger partial charge in [-0.2, -0.15) is 0 Å². The van der Waals surface area contributed by atoms with Crippen molar-refractivity contribution in [1.82, 2.24) is 19.9 Å². The van der Waals surface area contributed by atoms with Crippen LogP contribution in [-0.2, 0) is 11.2 Å². The van der Waals surface area contributed by atoms with Crippen LogP contribution in [0.1, 0.15) is 35.3 Å². The predicted octanol–water partition coefficient (Wildman–Crippen LogP) is 2.97. The van der Waals surface area contributed by atoms with Crippen LogP contribution in [0.3, 0.4) is 0 Å². The third kappa shape index (κ3) is 4.15. The van der Waals surface area contributed by atoms with E-state index in [1.165, 1.54) is 18.5 Å². The largest absolute Gasteiger partial charge is 0.352 e. The maximum absolute atomic E-state index is 13.0. The molecule has 0 spiro atoms. The average Bonchev–Trinajstić information content (AvgIpc) is 3.56. The minimum Gasteiger partial charge on any atom is -0.352 e. The molecule has 160 valence electrons. The number of ketones is 1. The Bertz CT molecular complexity index is 1110. The Kier molecular flexibility index (Phi) is 5.13. The Morgan fingerprint density at radius 3 is 2.52 bits per heavy atom. The normalized spacial score (nSPS) is 16.7. The van der Waals surface area contributed by atoms with E-state index >= 15 is 0 Å². The topological polar surface area (TPSA) is 82.2 Å². The first-order valence-electron chi connectivity index (χ1n) is 10.7. The lowest BCUT2D eigenvalue weighted by atomic mass is 10.1. The van der Waals surface area contributed by atoms with Gasteiger partial charge in [0.15, 0.2) is 5.78 Å². The molecular weight excluding hydrogens is 397 g/mol. The molecule has 1 aromatic carbocycles. The van der Waals surface area contributed by atoms with E-state index in [9.17, 15) is 14.0 Å². The van der Waals surface area contributed by atoms with Crippen LogP contribution in [0.15, 0.2) is 36.7 Å². The number of carbonyl (C=O) groups excluding carboxylic acids is 2. The SMILES string of the molecule is O=C(c1cc2c(N3CCN(C(=O)CCc4ccc(F)cc4)CC3)ncnc2[nH]1)C1CC1. The number of hydrogen-bond donors (Lipinski definition) is 1. The highest BCUT2D eigenvalue weighted by atomic mass is 19.1. The standard InChI is InChI=1S/C23H24FN5O2/c24-17-6-1-15(2-7-17)3-8-20(30)28-9-11-29(12-10-28)23-18-13-19(21(31)16-4-5-16)27-22(18)25-14-26-23/h1-2,6-7,13-14,16H,3-5,8-12H2,(H,25,26,27). The monoisotopic (exact) mass is 421 g/mol. The number of Topliss-reactive ketones (excluding diaryl/α,β-unsaturated/α-hetero) is 1. The Morgan fingerprint density at radius 1 is 1.06 bits per heavy atom. The number of nitrogens with one attached hydrogen (secondary N) is 1. The first-order chi connectivity index (χ1) is 15.1. The van der Waals surface area contributed by atoms with Crippen LogP contribution in [0.2, 0.25) is 0 Å². The smallest absolute Gasteiger partial charge is 0.223 e. The molecule has 0 atom stereocenters. The molecule has 2 aliphatic rings. The number of hydrogen-bond acceptors (Lipinski definition) is 5. The number of benzene rings is 1. The zero-order chi connectivity index (χ0) is 21.4. The number of halogens is 1. The van der Waals surface area contributed by atoms with Gasteiger partial charge in [-0.15, -0.1) is 0 Å². The number of carbonyl (C=O) groups is 2. The van der Waals surface area contributed by atoms with Gasteiger partial charge in [0.05, 0.1) is 11.1 Å². The van der Waals surface area contributed by atoms with Crippen molar-refractivity contribution in [2.75, 3.05) is 31.1 Å². The van der Waals surface area contributed by atoms with E-state index in [1.54, 1.807) is 12.1 Å². The summed E-state index contributed by atoms with van der Waals surface area (Å²) < 4.78 is 13.0. The number of fused-ring (bicyclic) bond motifs is 1. The van der Waals surface area contributed by atoms with Crippen molar-refractivity contribution in [3.63, 3.8) is 0 Å². The second-order valence-corrected chi connectivity index (χ2v) is 8.28. The predicted molar refractivity (Wildman–Crippen MR) is 114 cm³/mol. The number of anilines is 1. The summed E-state index contributed by atoms with van der Waals surface area (Å²) in [4.78, 5) is 40.9. The summed E-state index contributed by atoms with van der Waals surface area (Å²) in [7, 11) is 0. The Balaban J connectivity index is 1.22. The Hall–Kier alpha value is -3.29.